The van der Waals surface area contributed by atoms with E-state index < -0.39 is 0 Å². The quantitative estimate of drug-likeness (QED) is 0.853. The third kappa shape index (κ3) is 4.48. The lowest BCUT2D eigenvalue weighted by atomic mass is 9.89. The molecular formula is C15H23FN2O. The number of benzene rings is 1. The van der Waals surface area contributed by atoms with Crippen LogP contribution in [0.4, 0.5) is 4.39 Å². The van der Waals surface area contributed by atoms with E-state index in [1.807, 2.05) is 0 Å². The first-order valence-corrected chi connectivity index (χ1v) is 6.85. The third-order valence-electron chi connectivity index (χ3n) is 3.66. The van der Waals surface area contributed by atoms with Crippen molar-refractivity contribution < 1.29 is 9.13 Å². The third-order valence-corrected chi connectivity index (χ3v) is 3.66. The molecule has 0 radical (unpaired) electrons. The molecule has 1 aromatic carbocycles. The van der Waals surface area contributed by atoms with E-state index in [4.69, 9.17) is 4.74 Å². The molecule has 1 N–H and O–H groups in total. The molecule has 0 bridgehead atoms. The van der Waals surface area contributed by atoms with E-state index in [-0.39, 0.29) is 5.82 Å². The average Bonchev–Trinajstić information content (AvgIpc) is 2.78. The molecule has 4 heteroatoms. The molecule has 1 saturated heterocycles. The van der Waals surface area contributed by atoms with Crippen molar-refractivity contribution in [1.82, 2.24) is 10.2 Å². The molecule has 1 aliphatic rings. The van der Waals surface area contributed by atoms with E-state index in [9.17, 15) is 4.39 Å². The van der Waals surface area contributed by atoms with Gasteiger partial charge in [-0.2, -0.15) is 0 Å². The van der Waals surface area contributed by atoms with E-state index in [1.165, 1.54) is 18.6 Å². The Balaban J connectivity index is 1.69. The van der Waals surface area contributed by atoms with Gasteiger partial charge in [-0.15, -0.1) is 0 Å². The molecule has 106 valence electrons. The SMILES string of the molecule is CN(CCOc1ccc(F)cc1)CC1(C)CCNC1. The van der Waals surface area contributed by atoms with Crippen molar-refractivity contribution in [2.24, 2.45) is 5.41 Å². The van der Waals surface area contributed by atoms with Crippen LogP contribution in [0.1, 0.15) is 13.3 Å². The van der Waals surface area contributed by atoms with Crippen molar-refractivity contribution in [2.45, 2.75) is 13.3 Å². The maximum absolute atomic E-state index is 12.7. The van der Waals surface area contributed by atoms with Gasteiger partial charge in [-0.3, -0.25) is 0 Å². The Morgan fingerprint density at radius 1 is 1.37 bits per heavy atom. The lowest BCUT2D eigenvalue weighted by molar-refractivity contribution is 0.177. The molecule has 1 fully saturated rings. The highest BCUT2D eigenvalue weighted by Crippen LogP contribution is 2.25. The van der Waals surface area contributed by atoms with Gasteiger partial charge in [0.1, 0.15) is 18.2 Å². The molecule has 1 heterocycles. The molecule has 2 rings (SSSR count). The number of hydrogen-bond donors (Lipinski definition) is 1. The number of nitrogens with one attached hydrogen (secondary N) is 1. The predicted octanol–water partition coefficient (Wildman–Crippen LogP) is 2.14. The lowest BCUT2D eigenvalue weighted by Gasteiger charge is -2.29. The number of halogens is 1. The highest BCUT2D eigenvalue weighted by molar-refractivity contribution is 5.21. The van der Waals surface area contributed by atoms with Gasteiger partial charge in [0.2, 0.25) is 0 Å². The second kappa shape index (κ2) is 6.35. The molecule has 0 aliphatic carbocycles. The van der Waals surface area contributed by atoms with Gasteiger partial charge in [0.15, 0.2) is 0 Å². The first-order valence-electron chi connectivity index (χ1n) is 6.85. The highest BCUT2D eigenvalue weighted by Gasteiger charge is 2.29. The van der Waals surface area contributed by atoms with Crippen molar-refractivity contribution in [3.05, 3.63) is 30.1 Å². The fraction of sp³-hybridized carbons (Fsp3) is 0.600. The molecule has 1 aliphatic heterocycles. The van der Waals surface area contributed by atoms with Crippen LogP contribution >= 0.6 is 0 Å². The lowest BCUT2D eigenvalue weighted by Crippen LogP contribution is -2.37. The predicted molar refractivity (Wildman–Crippen MR) is 75.0 cm³/mol. The fourth-order valence-corrected chi connectivity index (χ4v) is 2.58. The summed E-state index contributed by atoms with van der Waals surface area (Å²) in [5.74, 6) is 0.495. The molecule has 0 spiro atoms. The Morgan fingerprint density at radius 2 is 2.11 bits per heavy atom. The summed E-state index contributed by atoms with van der Waals surface area (Å²) in [6.45, 7) is 7.13. The Kier molecular flexibility index (Phi) is 4.77. The van der Waals surface area contributed by atoms with E-state index >= 15 is 0 Å². The van der Waals surface area contributed by atoms with Crippen molar-refractivity contribution in [1.29, 1.82) is 0 Å². The molecule has 0 aromatic heterocycles. The standard InChI is InChI=1S/C15H23FN2O/c1-15(7-8-17-11-15)12-18(2)9-10-19-14-5-3-13(16)4-6-14/h3-6,17H,7-12H2,1-2H3. The van der Waals surface area contributed by atoms with Crippen LogP contribution in [0, 0.1) is 11.2 Å². The molecule has 0 saturated carbocycles. The molecular weight excluding hydrogens is 243 g/mol. The monoisotopic (exact) mass is 266 g/mol. The maximum atomic E-state index is 12.7. The average molecular weight is 266 g/mol. The Hall–Kier alpha value is -1.13. The fourth-order valence-electron chi connectivity index (χ4n) is 2.58. The molecule has 1 atom stereocenters. The van der Waals surface area contributed by atoms with Crippen LogP contribution < -0.4 is 10.1 Å². The normalized spacial score (nSPS) is 22.9. The summed E-state index contributed by atoms with van der Waals surface area (Å²) in [7, 11) is 2.12. The van der Waals surface area contributed by atoms with Crippen LogP contribution in [-0.4, -0.2) is 44.7 Å². The number of nitrogens with zero attached hydrogens (tertiary/aromatic N) is 1. The van der Waals surface area contributed by atoms with Crippen LogP contribution in [0.25, 0.3) is 0 Å². The summed E-state index contributed by atoms with van der Waals surface area (Å²) in [5, 5.41) is 3.41. The number of likely N-dealkylation sites (N-methyl/N-ethyl adjacent to an activating group) is 1. The smallest absolute Gasteiger partial charge is 0.123 e. The van der Waals surface area contributed by atoms with Crippen LogP contribution in [0.5, 0.6) is 5.75 Å². The van der Waals surface area contributed by atoms with Crippen molar-refractivity contribution in [3.8, 4) is 5.75 Å². The van der Waals surface area contributed by atoms with Gasteiger partial charge in [0.25, 0.3) is 0 Å². The Labute approximate surface area is 114 Å². The van der Waals surface area contributed by atoms with Crippen molar-refractivity contribution in [3.63, 3.8) is 0 Å². The molecule has 3 nitrogen and oxygen atoms in total. The zero-order valence-electron chi connectivity index (χ0n) is 11.8. The van der Waals surface area contributed by atoms with Gasteiger partial charge in [0.05, 0.1) is 0 Å². The summed E-state index contributed by atoms with van der Waals surface area (Å²) in [6.07, 6.45) is 1.23. The summed E-state index contributed by atoms with van der Waals surface area (Å²) >= 11 is 0. The van der Waals surface area contributed by atoms with Gasteiger partial charge in [-0.25, -0.2) is 4.39 Å². The second-order valence-corrected chi connectivity index (χ2v) is 5.78. The van der Waals surface area contributed by atoms with E-state index in [0.717, 1.165) is 31.9 Å². The second-order valence-electron chi connectivity index (χ2n) is 5.78. The van der Waals surface area contributed by atoms with Crippen LogP contribution in [0.2, 0.25) is 0 Å². The van der Waals surface area contributed by atoms with Gasteiger partial charge < -0.3 is 15.0 Å². The summed E-state index contributed by atoms with van der Waals surface area (Å²) in [6, 6.07) is 6.17. The van der Waals surface area contributed by atoms with Crippen LogP contribution in [-0.2, 0) is 0 Å². The summed E-state index contributed by atoms with van der Waals surface area (Å²) in [5.41, 5.74) is 0.380. The van der Waals surface area contributed by atoms with Crippen LogP contribution in [0.15, 0.2) is 24.3 Å². The van der Waals surface area contributed by atoms with E-state index in [1.54, 1.807) is 12.1 Å². The summed E-state index contributed by atoms with van der Waals surface area (Å²) in [4.78, 5) is 2.30. The minimum absolute atomic E-state index is 0.230. The minimum Gasteiger partial charge on any atom is -0.492 e. The van der Waals surface area contributed by atoms with Crippen molar-refractivity contribution >= 4 is 0 Å². The summed E-state index contributed by atoms with van der Waals surface area (Å²) < 4.78 is 18.3. The number of ether oxygens (including phenoxy) is 1. The Morgan fingerprint density at radius 3 is 2.74 bits per heavy atom. The van der Waals surface area contributed by atoms with E-state index in [0.29, 0.717) is 12.0 Å². The van der Waals surface area contributed by atoms with Gasteiger partial charge in [0, 0.05) is 19.6 Å². The molecule has 1 unspecified atom stereocenters. The molecule has 1 aromatic rings. The zero-order chi connectivity index (χ0) is 13.7. The first-order chi connectivity index (χ1) is 9.07. The molecule has 0 amide bonds. The van der Waals surface area contributed by atoms with Crippen LogP contribution in [0.3, 0.4) is 0 Å². The zero-order valence-corrected chi connectivity index (χ0v) is 11.8. The number of hydrogen-bond acceptors (Lipinski definition) is 3. The maximum Gasteiger partial charge on any atom is 0.123 e. The largest absolute Gasteiger partial charge is 0.492 e. The number of rotatable bonds is 6. The Bertz CT molecular complexity index is 388. The first kappa shape index (κ1) is 14.3. The van der Waals surface area contributed by atoms with Crippen molar-refractivity contribution in [2.75, 3.05) is 39.8 Å². The van der Waals surface area contributed by atoms with Gasteiger partial charge >= 0.3 is 0 Å². The molecule has 19 heavy (non-hydrogen) atoms. The minimum atomic E-state index is -0.230. The highest BCUT2D eigenvalue weighted by atomic mass is 19.1. The van der Waals surface area contributed by atoms with E-state index in [2.05, 4.69) is 24.2 Å². The van der Waals surface area contributed by atoms with Gasteiger partial charge in [-0.05, 0) is 49.7 Å². The topological polar surface area (TPSA) is 24.5 Å². The van der Waals surface area contributed by atoms with Gasteiger partial charge in [-0.1, -0.05) is 6.92 Å².